The third-order valence-corrected chi connectivity index (χ3v) is 4.32. The highest BCUT2D eigenvalue weighted by Gasteiger charge is 2.04. The lowest BCUT2D eigenvalue weighted by Gasteiger charge is -2.08. The fraction of sp³-hybridized carbons (Fsp3) is 0.375. The van der Waals surface area contributed by atoms with Gasteiger partial charge in [0.1, 0.15) is 5.82 Å². The average Bonchev–Trinajstić information content (AvgIpc) is 2.93. The number of benzene rings is 1. The second kappa shape index (κ2) is 8.90. The highest BCUT2D eigenvalue weighted by atomic mass is 32.1. The summed E-state index contributed by atoms with van der Waals surface area (Å²) in [5, 5.41) is 5.55. The highest BCUT2D eigenvalue weighted by molar-refractivity contribution is 7.80. The summed E-state index contributed by atoms with van der Waals surface area (Å²) in [7, 11) is 4.25. The Hall–Kier alpha value is -1.57. The third kappa shape index (κ3) is 5.85. The van der Waals surface area contributed by atoms with Gasteiger partial charge < -0.3 is 14.8 Å². The number of hydrogen-bond acceptors (Lipinski definition) is 2. The minimum atomic E-state index is -0.205. The van der Waals surface area contributed by atoms with Crippen LogP contribution in [0.15, 0.2) is 40.8 Å². The molecule has 0 saturated carbocycles. The molecule has 1 aromatic heterocycles. The maximum absolute atomic E-state index is 13.8. The van der Waals surface area contributed by atoms with Gasteiger partial charge in [0.2, 0.25) is 0 Å². The van der Waals surface area contributed by atoms with Crippen LogP contribution in [0.25, 0.3) is 0 Å². The van der Waals surface area contributed by atoms with Gasteiger partial charge in [0, 0.05) is 30.1 Å². The molecule has 2 N–H and O–H groups in total. The van der Waals surface area contributed by atoms with Crippen LogP contribution in [-0.4, -0.2) is 36.9 Å². The van der Waals surface area contributed by atoms with Gasteiger partial charge in [0.15, 0.2) is 9.91 Å². The molecule has 0 bridgehead atoms. The van der Waals surface area contributed by atoms with E-state index in [-0.39, 0.29) is 5.82 Å². The second-order valence-electron chi connectivity index (χ2n) is 5.56. The molecule has 0 spiro atoms. The van der Waals surface area contributed by atoms with Crippen LogP contribution in [0.1, 0.15) is 12.0 Å². The van der Waals surface area contributed by atoms with E-state index in [0.29, 0.717) is 17.2 Å². The number of nitrogens with one attached hydrogen (secondary N) is 2. The summed E-state index contributed by atoms with van der Waals surface area (Å²) in [5.41, 5.74) is 0.639. The van der Waals surface area contributed by atoms with E-state index in [1.165, 1.54) is 22.3 Å². The maximum Gasteiger partial charge on any atom is 0.195 e. The van der Waals surface area contributed by atoms with E-state index < -0.39 is 0 Å². The smallest absolute Gasteiger partial charge is 0.195 e. The molecule has 4 nitrogen and oxygen atoms in total. The van der Waals surface area contributed by atoms with Gasteiger partial charge in [0.25, 0.3) is 0 Å². The molecule has 0 aliphatic carbocycles. The summed E-state index contributed by atoms with van der Waals surface area (Å²) in [6, 6.07) is 6.78. The minimum Gasteiger partial charge on any atom is -0.361 e. The van der Waals surface area contributed by atoms with E-state index in [4.69, 9.17) is 12.2 Å². The van der Waals surface area contributed by atoms with Gasteiger partial charge in [-0.25, -0.2) is 4.39 Å². The summed E-state index contributed by atoms with van der Waals surface area (Å²) in [4.78, 5) is 6.61. The van der Waals surface area contributed by atoms with Crippen molar-refractivity contribution in [2.24, 2.45) is 4.99 Å². The van der Waals surface area contributed by atoms with Gasteiger partial charge in [0.05, 0.1) is 27.2 Å². The summed E-state index contributed by atoms with van der Waals surface area (Å²) < 4.78 is 15.7. The Labute approximate surface area is 145 Å². The van der Waals surface area contributed by atoms with Crippen molar-refractivity contribution in [1.29, 1.82) is 0 Å². The zero-order valence-corrected chi connectivity index (χ0v) is 15.0. The van der Waals surface area contributed by atoms with Crippen molar-refractivity contribution >= 4 is 28.7 Å². The molecule has 1 heterocycles. The SMILES string of the molecule is C[NH+](C)CCCNC(=S)N=c1sccn1Cc1ccccc1F. The Bertz CT molecular complexity index is 706. The minimum absolute atomic E-state index is 0.205. The maximum atomic E-state index is 13.8. The molecule has 0 unspecified atom stereocenters. The number of thiazole rings is 1. The summed E-state index contributed by atoms with van der Waals surface area (Å²) in [5.74, 6) is -0.205. The van der Waals surface area contributed by atoms with Crippen LogP contribution in [0.3, 0.4) is 0 Å². The van der Waals surface area contributed by atoms with E-state index in [1.807, 2.05) is 22.2 Å². The first-order valence-corrected chi connectivity index (χ1v) is 8.84. The van der Waals surface area contributed by atoms with Crippen molar-refractivity contribution in [2.45, 2.75) is 13.0 Å². The first-order valence-electron chi connectivity index (χ1n) is 7.55. The monoisotopic (exact) mass is 353 g/mol. The van der Waals surface area contributed by atoms with Gasteiger partial charge >= 0.3 is 0 Å². The van der Waals surface area contributed by atoms with Crippen molar-refractivity contribution in [3.8, 4) is 0 Å². The van der Waals surface area contributed by atoms with Crippen molar-refractivity contribution in [3.63, 3.8) is 0 Å². The third-order valence-electron chi connectivity index (χ3n) is 3.29. The number of aromatic nitrogens is 1. The Balaban J connectivity index is 1.99. The lowest BCUT2D eigenvalue weighted by molar-refractivity contribution is -0.858. The van der Waals surface area contributed by atoms with Gasteiger partial charge in [-0.05, 0) is 18.3 Å². The summed E-state index contributed by atoms with van der Waals surface area (Å²) in [6.07, 6.45) is 2.94. The molecular formula is C16H22FN4S2+. The molecular weight excluding hydrogens is 331 g/mol. The molecule has 0 atom stereocenters. The van der Waals surface area contributed by atoms with Gasteiger partial charge in [-0.2, -0.15) is 4.99 Å². The molecule has 0 aliphatic rings. The quantitative estimate of drug-likeness (QED) is 0.601. The lowest BCUT2D eigenvalue weighted by atomic mass is 10.2. The zero-order chi connectivity index (χ0) is 16.7. The summed E-state index contributed by atoms with van der Waals surface area (Å²) >= 11 is 6.76. The molecule has 7 heteroatoms. The van der Waals surface area contributed by atoms with E-state index in [2.05, 4.69) is 24.4 Å². The topological polar surface area (TPSA) is 33.8 Å². The average molecular weight is 354 g/mol. The van der Waals surface area contributed by atoms with Crippen LogP contribution >= 0.6 is 23.6 Å². The Morgan fingerprint density at radius 1 is 1.39 bits per heavy atom. The first-order chi connectivity index (χ1) is 11.1. The summed E-state index contributed by atoms with van der Waals surface area (Å²) in [6.45, 7) is 2.34. The van der Waals surface area contributed by atoms with Gasteiger partial charge in [-0.1, -0.05) is 18.2 Å². The van der Waals surface area contributed by atoms with Crippen LogP contribution in [0.5, 0.6) is 0 Å². The van der Waals surface area contributed by atoms with E-state index in [1.54, 1.807) is 12.1 Å². The predicted molar refractivity (Wildman–Crippen MR) is 96.3 cm³/mol. The van der Waals surface area contributed by atoms with E-state index in [9.17, 15) is 4.39 Å². The molecule has 2 rings (SSSR count). The normalized spacial score (nSPS) is 11.9. The van der Waals surface area contributed by atoms with E-state index in [0.717, 1.165) is 24.3 Å². The van der Waals surface area contributed by atoms with Crippen LogP contribution in [0, 0.1) is 5.82 Å². The fourth-order valence-electron chi connectivity index (χ4n) is 2.08. The Morgan fingerprint density at radius 3 is 2.91 bits per heavy atom. The number of quaternary nitrogens is 1. The van der Waals surface area contributed by atoms with Gasteiger partial charge in [-0.3, -0.25) is 0 Å². The molecule has 0 saturated heterocycles. The molecule has 0 amide bonds. The number of rotatable bonds is 6. The number of halogens is 1. The van der Waals surface area contributed by atoms with Crippen molar-refractivity contribution < 1.29 is 9.29 Å². The van der Waals surface area contributed by atoms with Crippen LogP contribution in [-0.2, 0) is 6.54 Å². The van der Waals surface area contributed by atoms with Gasteiger partial charge in [-0.15, -0.1) is 11.3 Å². The second-order valence-corrected chi connectivity index (χ2v) is 6.82. The lowest BCUT2D eigenvalue weighted by Crippen LogP contribution is -3.05. The first kappa shape index (κ1) is 17.8. The molecule has 1 aromatic carbocycles. The van der Waals surface area contributed by atoms with Crippen molar-refractivity contribution in [2.75, 3.05) is 27.2 Å². The largest absolute Gasteiger partial charge is 0.361 e. The number of hydrogen-bond donors (Lipinski definition) is 2. The molecule has 0 aliphatic heterocycles. The Morgan fingerprint density at radius 2 is 2.17 bits per heavy atom. The molecule has 23 heavy (non-hydrogen) atoms. The van der Waals surface area contributed by atoms with Crippen LogP contribution < -0.4 is 15.0 Å². The number of thiocarbonyl (C=S) groups is 1. The fourth-order valence-corrected chi connectivity index (χ4v) is 3.06. The predicted octanol–water partition coefficient (Wildman–Crippen LogP) is 1.05. The molecule has 0 radical (unpaired) electrons. The standard InChI is InChI=1S/C16H21FN4S2/c1-20(2)9-5-8-18-15(22)19-16-21(10-11-23-16)12-13-6-3-4-7-14(13)17/h3-4,6-7,10-11H,5,8-9,12H2,1-2H3,(H,18,22)/p+1. The number of nitrogens with zero attached hydrogens (tertiary/aromatic N) is 2. The molecule has 2 aromatic rings. The highest BCUT2D eigenvalue weighted by Crippen LogP contribution is 2.07. The van der Waals surface area contributed by atoms with Crippen LogP contribution in [0.2, 0.25) is 0 Å². The zero-order valence-electron chi connectivity index (χ0n) is 13.4. The molecule has 124 valence electrons. The molecule has 0 fully saturated rings. The van der Waals surface area contributed by atoms with Crippen molar-refractivity contribution in [1.82, 2.24) is 9.88 Å². The van der Waals surface area contributed by atoms with Crippen molar-refractivity contribution in [3.05, 3.63) is 52.0 Å². The van der Waals surface area contributed by atoms with Crippen LogP contribution in [0.4, 0.5) is 4.39 Å². The van der Waals surface area contributed by atoms with E-state index >= 15 is 0 Å². The Kier molecular flexibility index (Phi) is 6.88.